The second kappa shape index (κ2) is 6.35. The Morgan fingerprint density at radius 3 is 3.00 bits per heavy atom. The standard InChI is InChI=1S/C15H23FN2O/c1-11(17)13-6-3-7-14(16)15(13)18-8-4-5-12(9-18)10-19-2/h3,6-7,11-12H,4-5,8-10,17H2,1-2H3/t11-,12?/m0/s1. The Morgan fingerprint density at radius 2 is 2.32 bits per heavy atom. The maximum absolute atomic E-state index is 14.2. The van der Waals surface area contributed by atoms with E-state index in [0.29, 0.717) is 11.6 Å². The second-order valence-electron chi connectivity index (χ2n) is 5.38. The Morgan fingerprint density at radius 1 is 1.53 bits per heavy atom. The highest BCUT2D eigenvalue weighted by molar-refractivity contribution is 5.56. The van der Waals surface area contributed by atoms with Gasteiger partial charge in [-0.25, -0.2) is 4.39 Å². The third-order valence-corrected chi connectivity index (χ3v) is 3.75. The van der Waals surface area contributed by atoms with Crippen molar-refractivity contribution in [2.24, 2.45) is 11.7 Å². The van der Waals surface area contributed by atoms with E-state index in [0.717, 1.165) is 38.1 Å². The van der Waals surface area contributed by atoms with Crippen LogP contribution in [0.25, 0.3) is 0 Å². The van der Waals surface area contributed by atoms with Crippen LogP contribution in [0.15, 0.2) is 18.2 Å². The van der Waals surface area contributed by atoms with E-state index in [1.54, 1.807) is 13.2 Å². The summed E-state index contributed by atoms with van der Waals surface area (Å²) in [6.07, 6.45) is 2.22. The minimum atomic E-state index is -0.173. The zero-order valence-corrected chi connectivity index (χ0v) is 11.7. The molecular weight excluding hydrogens is 243 g/mol. The third-order valence-electron chi connectivity index (χ3n) is 3.75. The van der Waals surface area contributed by atoms with Crippen LogP contribution in [-0.2, 0) is 4.74 Å². The molecule has 0 spiro atoms. The number of nitrogens with zero attached hydrogens (tertiary/aromatic N) is 1. The summed E-state index contributed by atoms with van der Waals surface area (Å²) in [6.45, 7) is 4.36. The SMILES string of the molecule is COCC1CCCN(c2c(F)cccc2[C@H](C)N)C1. The van der Waals surface area contributed by atoms with Crippen LogP contribution in [0.5, 0.6) is 0 Å². The van der Waals surface area contributed by atoms with Crippen molar-refractivity contribution in [2.45, 2.75) is 25.8 Å². The lowest BCUT2D eigenvalue weighted by molar-refractivity contribution is 0.143. The molecule has 106 valence electrons. The maximum atomic E-state index is 14.2. The Labute approximate surface area is 114 Å². The number of para-hydroxylation sites is 1. The van der Waals surface area contributed by atoms with Crippen molar-refractivity contribution in [2.75, 3.05) is 31.7 Å². The van der Waals surface area contributed by atoms with E-state index in [2.05, 4.69) is 4.90 Å². The molecular formula is C15H23FN2O. The van der Waals surface area contributed by atoms with Crippen LogP contribution in [0.2, 0.25) is 0 Å². The molecule has 19 heavy (non-hydrogen) atoms. The van der Waals surface area contributed by atoms with Crippen molar-refractivity contribution >= 4 is 5.69 Å². The van der Waals surface area contributed by atoms with Gasteiger partial charge in [0.1, 0.15) is 5.82 Å². The number of piperidine rings is 1. The van der Waals surface area contributed by atoms with Crippen molar-refractivity contribution in [1.29, 1.82) is 0 Å². The van der Waals surface area contributed by atoms with Crippen LogP contribution < -0.4 is 10.6 Å². The summed E-state index contributed by atoms with van der Waals surface area (Å²) >= 11 is 0. The van der Waals surface area contributed by atoms with Crippen molar-refractivity contribution in [1.82, 2.24) is 0 Å². The van der Waals surface area contributed by atoms with Gasteiger partial charge >= 0.3 is 0 Å². The molecule has 2 N–H and O–H groups in total. The molecule has 0 radical (unpaired) electrons. The lowest BCUT2D eigenvalue weighted by Crippen LogP contribution is -2.38. The van der Waals surface area contributed by atoms with Gasteiger partial charge in [-0.05, 0) is 37.3 Å². The van der Waals surface area contributed by atoms with Crippen LogP contribution >= 0.6 is 0 Å². The summed E-state index contributed by atoms with van der Waals surface area (Å²) in [6, 6.07) is 5.01. The Balaban J connectivity index is 2.25. The Hall–Kier alpha value is -1.13. The minimum Gasteiger partial charge on any atom is -0.384 e. The summed E-state index contributed by atoms with van der Waals surface area (Å²) in [7, 11) is 1.72. The molecule has 0 bridgehead atoms. The van der Waals surface area contributed by atoms with Gasteiger partial charge in [-0.15, -0.1) is 0 Å². The van der Waals surface area contributed by atoms with Crippen molar-refractivity contribution in [3.63, 3.8) is 0 Å². The van der Waals surface area contributed by atoms with Crippen LogP contribution in [0.1, 0.15) is 31.4 Å². The molecule has 1 fully saturated rings. The van der Waals surface area contributed by atoms with Gasteiger partial charge in [0.25, 0.3) is 0 Å². The molecule has 3 nitrogen and oxygen atoms in total. The van der Waals surface area contributed by atoms with Gasteiger partial charge in [0.15, 0.2) is 0 Å². The molecule has 2 atom stereocenters. The number of rotatable bonds is 4. The van der Waals surface area contributed by atoms with Gasteiger partial charge in [0.05, 0.1) is 12.3 Å². The normalized spacial score (nSPS) is 21.5. The minimum absolute atomic E-state index is 0.159. The summed E-state index contributed by atoms with van der Waals surface area (Å²) in [4.78, 5) is 2.13. The molecule has 0 aliphatic carbocycles. The fraction of sp³-hybridized carbons (Fsp3) is 0.600. The van der Waals surface area contributed by atoms with Gasteiger partial charge < -0.3 is 15.4 Å². The Kier molecular flexibility index (Phi) is 4.77. The van der Waals surface area contributed by atoms with E-state index in [1.807, 2.05) is 13.0 Å². The first-order valence-electron chi connectivity index (χ1n) is 6.91. The number of nitrogens with two attached hydrogens (primary N) is 1. The fourth-order valence-electron chi connectivity index (χ4n) is 2.87. The van der Waals surface area contributed by atoms with Crippen LogP contribution in [0.4, 0.5) is 10.1 Å². The van der Waals surface area contributed by atoms with E-state index >= 15 is 0 Å². The molecule has 1 aromatic carbocycles. The van der Waals surface area contributed by atoms with Crippen molar-refractivity contribution in [3.8, 4) is 0 Å². The van der Waals surface area contributed by atoms with E-state index in [-0.39, 0.29) is 11.9 Å². The lowest BCUT2D eigenvalue weighted by Gasteiger charge is -2.36. The molecule has 2 rings (SSSR count). The van der Waals surface area contributed by atoms with Gasteiger partial charge in [0, 0.05) is 26.2 Å². The van der Waals surface area contributed by atoms with Crippen LogP contribution in [0, 0.1) is 11.7 Å². The molecule has 0 saturated carbocycles. The summed E-state index contributed by atoms with van der Waals surface area (Å²) in [5.41, 5.74) is 7.53. The smallest absolute Gasteiger partial charge is 0.146 e. The first kappa shape index (κ1) is 14.3. The Bertz CT molecular complexity index is 421. The zero-order valence-electron chi connectivity index (χ0n) is 11.7. The summed E-state index contributed by atoms with van der Waals surface area (Å²) in [5, 5.41) is 0. The topological polar surface area (TPSA) is 38.5 Å². The number of ether oxygens (including phenoxy) is 1. The molecule has 1 aliphatic heterocycles. The molecule has 1 unspecified atom stereocenters. The number of anilines is 1. The molecule has 4 heteroatoms. The first-order valence-corrected chi connectivity index (χ1v) is 6.91. The predicted octanol–water partition coefficient (Wildman–Crippen LogP) is 2.71. The van der Waals surface area contributed by atoms with Crippen LogP contribution in [0.3, 0.4) is 0 Å². The molecule has 1 saturated heterocycles. The largest absolute Gasteiger partial charge is 0.384 e. The average Bonchev–Trinajstić information content (AvgIpc) is 2.39. The van der Waals surface area contributed by atoms with Crippen LogP contribution in [-0.4, -0.2) is 26.8 Å². The molecule has 1 heterocycles. The summed E-state index contributed by atoms with van der Waals surface area (Å²) < 4.78 is 19.4. The number of methoxy groups -OCH3 is 1. The molecule has 0 amide bonds. The molecule has 0 aromatic heterocycles. The van der Waals surface area contributed by atoms with E-state index in [1.165, 1.54) is 6.07 Å². The highest BCUT2D eigenvalue weighted by atomic mass is 19.1. The molecule has 1 aromatic rings. The highest BCUT2D eigenvalue weighted by Gasteiger charge is 2.24. The summed E-state index contributed by atoms with van der Waals surface area (Å²) in [5.74, 6) is 0.298. The monoisotopic (exact) mass is 266 g/mol. The van der Waals surface area contributed by atoms with E-state index < -0.39 is 0 Å². The first-order chi connectivity index (χ1) is 9.13. The van der Waals surface area contributed by atoms with Gasteiger partial charge in [-0.2, -0.15) is 0 Å². The lowest BCUT2D eigenvalue weighted by atomic mass is 9.96. The number of hydrogen-bond acceptors (Lipinski definition) is 3. The predicted molar refractivity (Wildman–Crippen MR) is 75.8 cm³/mol. The molecule has 1 aliphatic rings. The number of benzene rings is 1. The van der Waals surface area contributed by atoms with E-state index in [9.17, 15) is 4.39 Å². The third kappa shape index (κ3) is 3.25. The average molecular weight is 266 g/mol. The van der Waals surface area contributed by atoms with Gasteiger partial charge in [-0.1, -0.05) is 12.1 Å². The fourth-order valence-corrected chi connectivity index (χ4v) is 2.87. The zero-order chi connectivity index (χ0) is 13.8. The second-order valence-corrected chi connectivity index (χ2v) is 5.38. The van der Waals surface area contributed by atoms with Gasteiger partial charge in [-0.3, -0.25) is 0 Å². The number of hydrogen-bond donors (Lipinski definition) is 1. The quantitative estimate of drug-likeness (QED) is 0.910. The van der Waals surface area contributed by atoms with Gasteiger partial charge in [0.2, 0.25) is 0 Å². The van der Waals surface area contributed by atoms with E-state index in [4.69, 9.17) is 10.5 Å². The maximum Gasteiger partial charge on any atom is 0.146 e. The van der Waals surface area contributed by atoms with Crippen molar-refractivity contribution in [3.05, 3.63) is 29.6 Å². The van der Waals surface area contributed by atoms with Crippen molar-refractivity contribution < 1.29 is 9.13 Å². The highest BCUT2D eigenvalue weighted by Crippen LogP contribution is 2.31. The number of halogens is 1.